The molecule has 22 heavy (non-hydrogen) atoms. The Morgan fingerprint density at radius 3 is 2.36 bits per heavy atom. The molecule has 1 saturated carbocycles. The largest absolute Gasteiger partial charge is 0.483 e. The highest BCUT2D eigenvalue weighted by atomic mass is 16.5. The van der Waals surface area contributed by atoms with Crippen molar-refractivity contribution in [2.75, 3.05) is 6.61 Å². The van der Waals surface area contributed by atoms with Gasteiger partial charge in [0.25, 0.3) is 5.91 Å². The van der Waals surface area contributed by atoms with Crippen LogP contribution in [0.1, 0.15) is 43.2 Å². The lowest BCUT2D eigenvalue weighted by Crippen LogP contribution is -2.49. The van der Waals surface area contributed by atoms with E-state index in [0.29, 0.717) is 12.8 Å². The van der Waals surface area contributed by atoms with Gasteiger partial charge in [-0.3, -0.25) is 9.59 Å². The van der Waals surface area contributed by atoms with Crippen molar-refractivity contribution >= 4 is 11.9 Å². The molecule has 1 amide bonds. The van der Waals surface area contributed by atoms with Gasteiger partial charge >= 0.3 is 5.97 Å². The third-order valence-corrected chi connectivity index (χ3v) is 4.21. The van der Waals surface area contributed by atoms with Crippen LogP contribution in [0.2, 0.25) is 0 Å². The fourth-order valence-corrected chi connectivity index (χ4v) is 3.18. The van der Waals surface area contributed by atoms with Gasteiger partial charge in [0, 0.05) is 0 Å². The molecule has 0 aromatic heterocycles. The van der Waals surface area contributed by atoms with E-state index in [1.165, 1.54) is 0 Å². The van der Waals surface area contributed by atoms with Crippen LogP contribution < -0.4 is 10.1 Å². The molecule has 5 nitrogen and oxygen atoms in total. The highest BCUT2D eigenvalue weighted by molar-refractivity contribution is 5.79. The zero-order chi connectivity index (χ0) is 16.2. The number of amides is 1. The first-order valence-corrected chi connectivity index (χ1v) is 7.64. The fourth-order valence-electron chi connectivity index (χ4n) is 3.18. The summed E-state index contributed by atoms with van der Waals surface area (Å²) in [7, 11) is 0. The molecule has 1 fully saturated rings. The highest BCUT2D eigenvalue weighted by Crippen LogP contribution is 2.32. The predicted molar refractivity (Wildman–Crippen MR) is 83.0 cm³/mol. The number of hydrogen-bond donors (Lipinski definition) is 2. The van der Waals surface area contributed by atoms with Crippen molar-refractivity contribution in [1.29, 1.82) is 0 Å². The Morgan fingerprint density at radius 1 is 1.23 bits per heavy atom. The van der Waals surface area contributed by atoms with Crippen molar-refractivity contribution in [3.05, 3.63) is 29.3 Å². The Kier molecular flexibility index (Phi) is 5.06. The number of carbonyl (C=O) groups is 2. The van der Waals surface area contributed by atoms with Crippen LogP contribution in [0, 0.1) is 13.8 Å². The molecule has 0 saturated heterocycles. The lowest BCUT2D eigenvalue weighted by Gasteiger charge is -2.28. The summed E-state index contributed by atoms with van der Waals surface area (Å²) in [4.78, 5) is 23.2. The average molecular weight is 305 g/mol. The van der Waals surface area contributed by atoms with Crippen molar-refractivity contribution in [2.24, 2.45) is 0 Å². The van der Waals surface area contributed by atoms with Crippen molar-refractivity contribution in [1.82, 2.24) is 5.32 Å². The zero-order valence-electron chi connectivity index (χ0n) is 13.1. The van der Waals surface area contributed by atoms with Crippen LogP contribution in [0.15, 0.2) is 18.2 Å². The number of carboxylic acids is 1. The monoisotopic (exact) mass is 305 g/mol. The number of para-hydroxylation sites is 1. The van der Waals surface area contributed by atoms with Gasteiger partial charge in [-0.25, -0.2) is 0 Å². The minimum atomic E-state index is -0.877. The zero-order valence-corrected chi connectivity index (χ0v) is 13.1. The molecule has 5 heteroatoms. The summed E-state index contributed by atoms with van der Waals surface area (Å²) in [5, 5.41) is 11.9. The molecule has 0 heterocycles. The van der Waals surface area contributed by atoms with Crippen molar-refractivity contribution in [3.8, 4) is 5.75 Å². The number of carboxylic acid groups (broad SMARTS) is 1. The SMILES string of the molecule is Cc1cccc(C)c1OCC(=O)NC1(CC(=O)O)CCCC1. The van der Waals surface area contributed by atoms with Gasteiger partial charge in [0.05, 0.1) is 12.0 Å². The quantitative estimate of drug-likeness (QED) is 0.847. The van der Waals surface area contributed by atoms with Crippen LogP contribution in [-0.4, -0.2) is 29.1 Å². The normalized spacial score (nSPS) is 16.3. The molecule has 1 aromatic carbocycles. The number of benzene rings is 1. The second-order valence-electron chi connectivity index (χ2n) is 6.12. The Hall–Kier alpha value is -2.04. The van der Waals surface area contributed by atoms with E-state index < -0.39 is 11.5 Å². The molecule has 0 atom stereocenters. The molecule has 0 aliphatic heterocycles. The minimum absolute atomic E-state index is 0.0257. The van der Waals surface area contributed by atoms with E-state index in [9.17, 15) is 9.59 Å². The summed E-state index contributed by atoms with van der Waals surface area (Å²) < 4.78 is 5.63. The van der Waals surface area contributed by atoms with Crippen LogP contribution in [0.5, 0.6) is 5.75 Å². The van der Waals surface area contributed by atoms with E-state index in [0.717, 1.165) is 29.7 Å². The number of nitrogens with one attached hydrogen (secondary N) is 1. The van der Waals surface area contributed by atoms with E-state index >= 15 is 0 Å². The average Bonchev–Trinajstić information content (AvgIpc) is 2.85. The summed E-state index contributed by atoms with van der Waals surface area (Å²) >= 11 is 0. The maximum absolute atomic E-state index is 12.2. The first-order chi connectivity index (χ1) is 10.4. The number of aryl methyl sites for hydroxylation is 2. The van der Waals surface area contributed by atoms with Crippen molar-refractivity contribution < 1.29 is 19.4 Å². The molecule has 1 aliphatic carbocycles. The second kappa shape index (κ2) is 6.81. The summed E-state index contributed by atoms with van der Waals surface area (Å²) in [6.45, 7) is 3.78. The van der Waals surface area contributed by atoms with Gasteiger partial charge in [0.15, 0.2) is 6.61 Å². The van der Waals surface area contributed by atoms with E-state index in [2.05, 4.69) is 5.32 Å². The lowest BCUT2D eigenvalue weighted by molar-refractivity contribution is -0.139. The molecule has 120 valence electrons. The van der Waals surface area contributed by atoms with E-state index in [1.54, 1.807) is 0 Å². The molecule has 1 aromatic rings. The minimum Gasteiger partial charge on any atom is -0.483 e. The Balaban J connectivity index is 1.96. The van der Waals surface area contributed by atoms with Gasteiger partial charge in [0.2, 0.25) is 0 Å². The Bertz CT molecular complexity index is 542. The first kappa shape index (κ1) is 16.3. The van der Waals surface area contributed by atoms with Crippen LogP contribution >= 0.6 is 0 Å². The van der Waals surface area contributed by atoms with E-state index in [4.69, 9.17) is 9.84 Å². The topological polar surface area (TPSA) is 75.6 Å². The lowest BCUT2D eigenvalue weighted by atomic mass is 9.93. The predicted octanol–water partition coefficient (Wildman–Crippen LogP) is 2.59. The van der Waals surface area contributed by atoms with Gasteiger partial charge < -0.3 is 15.2 Å². The van der Waals surface area contributed by atoms with Crippen LogP contribution in [0.25, 0.3) is 0 Å². The Morgan fingerprint density at radius 2 is 1.82 bits per heavy atom. The maximum atomic E-state index is 12.2. The van der Waals surface area contributed by atoms with Crippen LogP contribution in [0.4, 0.5) is 0 Å². The number of aliphatic carboxylic acids is 1. The van der Waals surface area contributed by atoms with E-state index in [1.807, 2.05) is 32.0 Å². The molecule has 0 spiro atoms. The van der Waals surface area contributed by atoms with Gasteiger partial charge in [0.1, 0.15) is 5.75 Å². The van der Waals surface area contributed by atoms with Gasteiger partial charge in [-0.1, -0.05) is 31.0 Å². The summed E-state index contributed by atoms with van der Waals surface area (Å²) in [6.07, 6.45) is 3.31. The molecule has 0 unspecified atom stereocenters. The van der Waals surface area contributed by atoms with Crippen LogP contribution in [-0.2, 0) is 9.59 Å². The first-order valence-electron chi connectivity index (χ1n) is 7.64. The second-order valence-corrected chi connectivity index (χ2v) is 6.12. The Labute approximate surface area is 130 Å². The number of ether oxygens (including phenoxy) is 1. The third kappa shape index (κ3) is 4.00. The third-order valence-electron chi connectivity index (χ3n) is 4.21. The molecule has 2 rings (SSSR count). The fraction of sp³-hybridized carbons (Fsp3) is 0.529. The molecular weight excluding hydrogens is 282 g/mol. The van der Waals surface area contributed by atoms with Crippen LogP contribution in [0.3, 0.4) is 0 Å². The number of rotatable bonds is 6. The van der Waals surface area contributed by atoms with Crippen molar-refractivity contribution in [3.63, 3.8) is 0 Å². The smallest absolute Gasteiger partial charge is 0.305 e. The molecule has 2 N–H and O–H groups in total. The highest BCUT2D eigenvalue weighted by Gasteiger charge is 2.37. The van der Waals surface area contributed by atoms with E-state index in [-0.39, 0.29) is 18.9 Å². The standard InChI is InChI=1S/C17H23NO4/c1-12-6-5-7-13(2)16(12)22-11-14(19)18-17(10-15(20)21)8-3-4-9-17/h5-7H,3-4,8-11H2,1-2H3,(H,18,19)(H,20,21). The molecular formula is C17H23NO4. The summed E-state index contributed by atoms with van der Waals surface area (Å²) in [6, 6.07) is 5.81. The van der Waals surface area contributed by atoms with Gasteiger partial charge in [-0.2, -0.15) is 0 Å². The van der Waals surface area contributed by atoms with Gasteiger partial charge in [-0.15, -0.1) is 0 Å². The van der Waals surface area contributed by atoms with Gasteiger partial charge in [-0.05, 0) is 37.8 Å². The molecule has 0 bridgehead atoms. The summed E-state index contributed by atoms with van der Waals surface area (Å²) in [5.74, 6) is -0.417. The number of carbonyl (C=O) groups excluding carboxylic acids is 1. The summed E-state index contributed by atoms with van der Waals surface area (Å²) in [5.41, 5.74) is 1.36. The molecule has 0 radical (unpaired) electrons. The maximum Gasteiger partial charge on any atom is 0.305 e. The van der Waals surface area contributed by atoms with Crippen molar-refractivity contribution in [2.45, 2.75) is 51.5 Å². The molecule has 1 aliphatic rings. The number of hydrogen-bond acceptors (Lipinski definition) is 3.